The van der Waals surface area contributed by atoms with Gasteiger partial charge in [0.05, 0.1) is 17.8 Å². The van der Waals surface area contributed by atoms with Gasteiger partial charge < -0.3 is 14.5 Å². The van der Waals surface area contributed by atoms with E-state index < -0.39 is 0 Å². The van der Waals surface area contributed by atoms with Gasteiger partial charge in [-0.05, 0) is 57.0 Å². The Morgan fingerprint density at radius 1 is 1.00 bits per heavy atom. The largest absolute Gasteiger partial charge is 0.492 e. The Labute approximate surface area is 199 Å². The van der Waals surface area contributed by atoms with E-state index in [9.17, 15) is 4.79 Å². The second-order valence-electron chi connectivity index (χ2n) is 8.78. The zero-order chi connectivity index (χ0) is 23.7. The number of aryl methyl sites for hydroxylation is 2. The van der Waals surface area contributed by atoms with Gasteiger partial charge in [0.2, 0.25) is 5.91 Å². The Morgan fingerprint density at radius 3 is 2.53 bits per heavy atom. The SMILES string of the molecule is CCOc1ccccc1N1CCN(C(=O)CCc2c(C)nc3c4ccccc4nn3c2C)CC1. The first-order chi connectivity index (χ1) is 16.6. The fourth-order valence-electron chi connectivity index (χ4n) is 4.92. The smallest absolute Gasteiger partial charge is 0.223 e. The average Bonchev–Trinajstić information content (AvgIpc) is 3.23. The van der Waals surface area contributed by atoms with E-state index in [4.69, 9.17) is 14.8 Å². The number of fused-ring (bicyclic) bond motifs is 3. The van der Waals surface area contributed by atoms with Gasteiger partial charge in [0, 0.05) is 49.4 Å². The number of anilines is 1. The lowest BCUT2D eigenvalue weighted by Crippen LogP contribution is -2.49. The fourth-order valence-corrected chi connectivity index (χ4v) is 4.92. The van der Waals surface area contributed by atoms with Crippen LogP contribution in [-0.2, 0) is 11.2 Å². The summed E-state index contributed by atoms with van der Waals surface area (Å²) in [5.74, 6) is 1.10. The normalized spacial score (nSPS) is 14.2. The van der Waals surface area contributed by atoms with Crippen molar-refractivity contribution in [3.63, 3.8) is 0 Å². The monoisotopic (exact) mass is 457 g/mol. The maximum Gasteiger partial charge on any atom is 0.223 e. The number of rotatable bonds is 6. The molecule has 1 aliphatic rings. The highest BCUT2D eigenvalue weighted by atomic mass is 16.5. The average molecular weight is 458 g/mol. The summed E-state index contributed by atoms with van der Waals surface area (Å²) in [4.78, 5) is 22.2. The first-order valence-electron chi connectivity index (χ1n) is 12.0. The molecule has 0 atom stereocenters. The highest BCUT2D eigenvalue weighted by Crippen LogP contribution is 2.29. The Hall–Kier alpha value is -3.61. The van der Waals surface area contributed by atoms with Gasteiger partial charge in [-0.25, -0.2) is 9.50 Å². The highest BCUT2D eigenvalue weighted by Gasteiger charge is 2.23. The summed E-state index contributed by atoms with van der Waals surface area (Å²) >= 11 is 0. The van der Waals surface area contributed by atoms with Gasteiger partial charge in [-0.3, -0.25) is 4.79 Å². The number of para-hydroxylation sites is 2. The molecule has 4 aromatic rings. The van der Waals surface area contributed by atoms with E-state index in [-0.39, 0.29) is 5.91 Å². The molecule has 2 aromatic heterocycles. The molecule has 0 aliphatic carbocycles. The third-order valence-corrected chi connectivity index (χ3v) is 6.75. The number of carbonyl (C=O) groups is 1. The van der Waals surface area contributed by atoms with E-state index >= 15 is 0 Å². The maximum atomic E-state index is 13.1. The van der Waals surface area contributed by atoms with Crippen molar-refractivity contribution >= 4 is 28.1 Å². The molecule has 1 fully saturated rings. The quantitative estimate of drug-likeness (QED) is 0.435. The van der Waals surface area contributed by atoms with E-state index in [2.05, 4.69) is 24.0 Å². The third kappa shape index (κ3) is 4.06. The Morgan fingerprint density at radius 2 is 1.74 bits per heavy atom. The number of nitrogens with zero attached hydrogens (tertiary/aromatic N) is 5. The summed E-state index contributed by atoms with van der Waals surface area (Å²) < 4.78 is 7.71. The number of amides is 1. The van der Waals surface area contributed by atoms with E-state index in [0.29, 0.717) is 19.4 Å². The highest BCUT2D eigenvalue weighted by molar-refractivity contribution is 5.92. The van der Waals surface area contributed by atoms with Gasteiger partial charge in [-0.1, -0.05) is 24.3 Å². The minimum Gasteiger partial charge on any atom is -0.492 e. The van der Waals surface area contributed by atoms with Crippen molar-refractivity contribution in [2.24, 2.45) is 0 Å². The van der Waals surface area contributed by atoms with E-state index in [1.165, 1.54) is 0 Å². The lowest BCUT2D eigenvalue weighted by atomic mass is 10.1. The third-order valence-electron chi connectivity index (χ3n) is 6.75. The molecule has 1 amide bonds. The summed E-state index contributed by atoms with van der Waals surface area (Å²) in [5, 5.41) is 5.79. The molecule has 1 aliphatic heterocycles. The van der Waals surface area contributed by atoms with Gasteiger partial charge in [0.1, 0.15) is 5.75 Å². The van der Waals surface area contributed by atoms with Crippen molar-refractivity contribution in [2.75, 3.05) is 37.7 Å². The van der Waals surface area contributed by atoms with Crippen molar-refractivity contribution in [2.45, 2.75) is 33.6 Å². The lowest BCUT2D eigenvalue weighted by Gasteiger charge is -2.36. The van der Waals surface area contributed by atoms with E-state index in [1.807, 2.05) is 59.7 Å². The topological polar surface area (TPSA) is 63.0 Å². The predicted molar refractivity (Wildman–Crippen MR) is 135 cm³/mol. The van der Waals surface area contributed by atoms with Crippen LogP contribution in [0.3, 0.4) is 0 Å². The summed E-state index contributed by atoms with van der Waals surface area (Å²) in [6, 6.07) is 16.2. The van der Waals surface area contributed by atoms with Gasteiger partial charge >= 0.3 is 0 Å². The first-order valence-corrected chi connectivity index (χ1v) is 12.0. The van der Waals surface area contributed by atoms with Crippen LogP contribution in [0.25, 0.3) is 16.6 Å². The number of piperazine rings is 1. The van der Waals surface area contributed by atoms with Gasteiger partial charge in [0.25, 0.3) is 0 Å². The number of hydrogen-bond donors (Lipinski definition) is 0. The number of benzene rings is 2. The molecule has 3 heterocycles. The van der Waals surface area contributed by atoms with Crippen LogP contribution < -0.4 is 9.64 Å². The molecule has 7 heteroatoms. The molecular weight excluding hydrogens is 426 g/mol. The molecule has 176 valence electrons. The van der Waals surface area contributed by atoms with Crippen molar-refractivity contribution in [1.29, 1.82) is 0 Å². The van der Waals surface area contributed by atoms with Crippen LogP contribution in [0.4, 0.5) is 5.69 Å². The van der Waals surface area contributed by atoms with Crippen LogP contribution in [0.5, 0.6) is 5.75 Å². The Bertz CT molecular complexity index is 1340. The number of ether oxygens (including phenoxy) is 1. The number of aromatic nitrogens is 3. The second-order valence-corrected chi connectivity index (χ2v) is 8.78. The Kier molecular flexibility index (Phi) is 6.09. The van der Waals surface area contributed by atoms with Crippen LogP contribution in [-0.4, -0.2) is 58.2 Å². The molecule has 2 aromatic carbocycles. The lowest BCUT2D eigenvalue weighted by molar-refractivity contribution is -0.131. The van der Waals surface area contributed by atoms with Gasteiger partial charge in [-0.2, -0.15) is 5.10 Å². The molecule has 0 N–H and O–H groups in total. The van der Waals surface area contributed by atoms with Crippen LogP contribution in [0, 0.1) is 13.8 Å². The second kappa shape index (κ2) is 9.33. The molecule has 0 spiro atoms. The molecular formula is C27H31N5O2. The Balaban J connectivity index is 1.25. The first kappa shape index (κ1) is 22.2. The molecule has 34 heavy (non-hydrogen) atoms. The molecule has 0 radical (unpaired) electrons. The van der Waals surface area contributed by atoms with Crippen LogP contribution in [0.1, 0.15) is 30.3 Å². The van der Waals surface area contributed by atoms with Gasteiger partial charge in [0.15, 0.2) is 5.65 Å². The van der Waals surface area contributed by atoms with E-state index in [0.717, 1.165) is 71.1 Å². The molecule has 1 saturated heterocycles. The summed E-state index contributed by atoms with van der Waals surface area (Å²) in [6.45, 7) is 9.80. The van der Waals surface area contributed by atoms with Crippen LogP contribution in [0.15, 0.2) is 48.5 Å². The number of carbonyl (C=O) groups excluding carboxylic acids is 1. The molecule has 0 bridgehead atoms. The zero-order valence-corrected chi connectivity index (χ0v) is 20.1. The summed E-state index contributed by atoms with van der Waals surface area (Å²) in [5.41, 5.74) is 6.06. The van der Waals surface area contributed by atoms with Crippen LogP contribution in [0.2, 0.25) is 0 Å². The molecule has 5 rings (SSSR count). The van der Waals surface area contributed by atoms with Crippen molar-refractivity contribution in [3.05, 3.63) is 65.5 Å². The van der Waals surface area contributed by atoms with E-state index in [1.54, 1.807) is 0 Å². The zero-order valence-electron chi connectivity index (χ0n) is 20.1. The standard InChI is InChI=1S/C27H31N5O2/c1-4-34-25-12-8-7-11-24(25)30-15-17-31(18-16-30)26(33)14-13-21-19(2)28-27-22-9-5-6-10-23(22)29-32(27)20(21)3/h5-12H,4,13-18H2,1-3H3. The molecule has 0 unspecified atom stereocenters. The van der Waals surface area contributed by atoms with Gasteiger partial charge in [-0.15, -0.1) is 0 Å². The van der Waals surface area contributed by atoms with Crippen molar-refractivity contribution in [1.82, 2.24) is 19.5 Å². The minimum atomic E-state index is 0.197. The molecule has 7 nitrogen and oxygen atoms in total. The maximum absolute atomic E-state index is 13.1. The van der Waals surface area contributed by atoms with Crippen molar-refractivity contribution in [3.8, 4) is 5.75 Å². The van der Waals surface area contributed by atoms with Crippen molar-refractivity contribution < 1.29 is 9.53 Å². The molecule has 0 saturated carbocycles. The summed E-state index contributed by atoms with van der Waals surface area (Å²) in [6.07, 6.45) is 1.15. The fraction of sp³-hybridized carbons (Fsp3) is 0.370. The van der Waals surface area contributed by atoms with Crippen LogP contribution >= 0.6 is 0 Å². The number of hydrogen-bond acceptors (Lipinski definition) is 5. The predicted octanol–water partition coefficient (Wildman–Crippen LogP) is 4.18. The minimum absolute atomic E-state index is 0.197. The summed E-state index contributed by atoms with van der Waals surface area (Å²) in [7, 11) is 0.